The van der Waals surface area contributed by atoms with Crippen LogP contribution < -0.4 is 9.47 Å². The molecule has 4 aromatic rings. The maximum absolute atomic E-state index is 13.9. The maximum Gasteiger partial charge on any atom is 0.254 e. The van der Waals surface area contributed by atoms with Gasteiger partial charge in [-0.05, 0) is 66.9 Å². The Balaban J connectivity index is 1.38. The summed E-state index contributed by atoms with van der Waals surface area (Å²) in [6.45, 7) is 6.74. The van der Waals surface area contributed by atoms with E-state index >= 15 is 0 Å². The number of aryl methyl sites for hydroxylation is 2. The molecule has 0 radical (unpaired) electrons. The van der Waals surface area contributed by atoms with Crippen LogP contribution in [0, 0.1) is 13.8 Å². The molecule has 0 saturated carbocycles. The third-order valence-corrected chi connectivity index (χ3v) is 6.78. The zero-order valence-corrected chi connectivity index (χ0v) is 22.7. The molecule has 8 heteroatoms. The van der Waals surface area contributed by atoms with E-state index in [0.717, 1.165) is 34.5 Å². The second kappa shape index (κ2) is 12.1. The highest BCUT2D eigenvalue weighted by atomic mass is 16.6. The minimum atomic E-state index is -0.0588. The molecule has 8 nitrogen and oxygen atoms in total. The Kier molecular flexibility index (Phi) is 8.22. The average Bonchev–Trinajstić information content (AvgIpc) is 3.57. The fourth-order valence-corrected chi connectivity index (χ4v) is 4.82. The van der Waals surface area contributed by atoms with Crippen molar-refractivity contribution < 1.29 is 19.0 Å². The Morgan fingerprint density at radius 2 is 1.87 bits per heavy atom. The van der Waals surface area contributed by atoms with Crippen LogP contribution in [0.5, 0.6) is 11.5 Å². The summed E-state index contributed by atoms with van der Waals surface area (Å²) in [5.74, 6) is 1.26. The smallest absolute Gasteiger partial charge is 0.254 e. The monoisotopic (exact) mass is 526 g/mol. The normalized spacial score (nSPS) is 14.8. The van der Waals surface area contributed by atoms with Gasteiger partial charge in [-0.3, -0.25) is 14.5 Å². The van der Waals surface area contributed by atoms with Crippen molar-refractivity contribution in [2.24, 2.45) is 0 Å². The number of carbonyl (C=O) groups excluding carboxylic acids is 1. The Morgan fingerprint density at radius 1 is 1.03 bits per heavy atom. The number of hydrogen-bond donors (Lipinski definition) is 0. The summed E-state index contributed by atoms with van der Waals surface area (Å²) >= 11 is 0. The van der Waals surface area contributed by atoms with E-state index in [1.807, 2.05) is 78.0 Å². The Labute approximate surface area is 229 Å². The molecule has 0 spiro atoms. The predicted molar refractivity (Wildman–Crippen MR) is 148 cm³/mol. The molecule has 1 atom stereocenters. The second-order valence-electron chi connectivity index (χ2n) is 9.90. The molecular formula is C31H34N4O4. The third kappa shape index (κ3) is 6.64. The first kappa shape index (κ1) is 26.4. The van der Waals surface area contributed by atoms with E-state index < -0.39 is 0 Å². The van der Waals surface area contributed by atoms with Crippen molar-refractivity contribution in [3.63, 3.8) is 0 Å². The van der Waals surface area contributed by atoms with E-state index in [9.17, 15) is 4.79 Å². The number of methoxy groups -OCH3 is 1. The van der Waals surface area contributed by atoms with Gasteiger partial charge in [-0.15, -0.1) is 0 Å². The molecule has 0 bridgehead atoms. The number of nitrogens with zero attached hydrogens (tertiary/aromatic N) is 4. The van der Waals surface area contributed by atoms with Crippen molar-refractivity contribution in [2.45, 2.75) is 46.0 Å². The molecule has 39 heavy (non-hydrogen) atoms. The minimum Gasteiger partial charge on any atom is -0.493 e. The van der Waals surface area contributed by atoms with Crippen molar-refractivity contribution in [3.8, 4) is 11.5 Å². The van der Waals surface area contributed by atoms with Crippen LogP contribution >= 0.6 is 0 Å². The highest BCUT2D eigenvalue weighted by Crippen LogP contribution is 2.31. The lowest BCUT2D eigenvalue weighted by Crippen LogP contribution is -2.30. The molecule has 1 fully saturated rings. The number of hydrogen-bond acceptors (Lipinski definition) is 6. The molecule has 1 aliphatic heterocycles. The van der Waals surface area contributed by atoms with Crippen LogP contribution in [0.3, 0.4) is 0 Å². The number of benzene rings is 2. The van der Waals surface area contributed by atoms with E-state index in [4.69, 9.17) is 14.2 Å². The molecule has 1 aliphatic rings. The van der Waals surface area contributed by atoms with Crippen LogP contribution in [0.1, 0.15) is 44.9 Å². The van der Waals surface area contributed by atoms with E-state index in [0.29, 0.717) is 49.9 Å². The van der Waals surface area contributed by atoms with Crippen LogP contribution in [0.4, 0.5) is 0 Å². The maximum atomic E-state index is 13.9. The topological polar surface area (TPSA) is 78.7 Å². The van der Waals surface area contributed by atoms with Gasteiger partial charge in [0.15, 0.2) is 11.5 Å². The molecule has 0 unspecified atom stereocenters. The summed E-state index contributed by atoms with van der Waals surface area (Å²) < 4.78 is 19.1. The van der Waals surface area contributed by atoms with Crippen LogP contribution in [0.2, 0.25) is 0 Å². The van der Waals surface area contributed by atoms with Crippen LogP contribution in [0.15, 0.2) is 73.1 Å². The molecule has 0 aliphatic carbocycles. The third-order valence-electron chi connectivity index (χ3n) is 6.78. The van der Waals surface area contributed by atoms with Gasteiger partial charge in [0.25, 0.3) is 5.91 Å². The Hall–Kier alpha value is -4.17. The van der Waals surface area contributed by atoms with Crippen LogP contribution in [-0.2, 0) is 24.4 Å². The zero-order valence-electron chi connectivity index (χ0n) is 22.7. The number of aromatic nitrogens is 3. The number of ether oxygens (including phenoxy) is 3. The fourth-order valence-electron chi connectivity index (χ4n) is 4.82. The molecule has 2 aromatic carbocycles. The lowest BCUT2D eigenvalue weighted by atomic mass is 10.1. The first-order chi connectivity index (χ1) is 19.0. The molecule has 202 valence electrons. The average molecular weight is 527 g/mol. The molecule has 1 saturated heterocycles. The van der Waals surface area contributed by atoms with Crippen molar-refractivity contribution in [3.05, 3.63) is 107 Å². The van der Waals surface area contributed by atoms with Gasteiger partial charge in [-0.25, -0.2) is 0 Å². The van der Waals surface area contributed by atoms with Crippen molar-refractivity contribution in [1.82, 2.24) is 19.7 Å². The van der Waals surface area contributed by atoms with Crippen LogP contribution in [0.25, 0.3) is 0 Å². The SMILES string of the molecule is COc1cc(CN(Cc2cccnc2)C(=O)c2cccc(Cn3nc(C)cc3C)c2)ccc1O[C@H]1CCOC1. The summed E-state index contributed by atoms with van der Waals surface area (Å²) in [5.41, 5.74) is 5.62. The molecule has 5 rings (SSSR count). The van der Waals surface area contributed by atoms with Gasteiger partial charge in [0.05, 0.1) is 32.6 Å². The molecule has 2 aromatic heterocycles. The van der Waals surface area contributed by atoms with Gasteiger partial charge in [0.2, 0.25) is 0 Å². The number of rotatable bonds is 10. The largest absolute Gasteiger partial charge is 0.493 e. The lowest BCUT2D eigenvalue weighted by Gasteiger charge is -2.24. The minimum absolute atomic E-state index is 0.0233. The summed E-state index contributed by atoms with van der Waals surface area (Å²) in [4.78, 5) is 20.0. The molecule has 1 amide bonds. The standard InChI is InChI=1S/C31H34N4O4/c1-22-14-23(2)35(33-22)20-24-6-4-8-27(15-24)31(36)34(19-26-7-5-12-32-17-26)18-25-9-10-29(30(16-25)37-3)39-28-11-13-38-21-28/h4-10,12,14-17,28H,11,13,18-21H2,1-3H3/t28-/m0/s1. The van der Waals surface area contributed by atoms with Gasteiger partial charge >= 0.3 is 0 Å². The number of amides is 1. The second-order valence-corrected chi connectivity index (χ2v) is 9.90. The van der Waals surface area contributed by atoms with E-state index in [2.05, 4.69) is 16.1 Å². The van der Waals surface area contributed by atoms with Gasteiger partial charge in [-0.2, -0.15) is 5.10 Å². The Bertz CT molecular complexity index is 1410. The highest BCUT2D eigenvalue weighted by molar-refractivity contribution is 5.94. The quantitative estimate of drug-likeness (QED) is 0.291. The zero-order chi connectivity index (χ0) is 27.2. The summed E-state index contributed by atoms with van der Waals surface area (Å²) in [6.07, 6.45) is 4.41. The lowest BCUT2D eigenvalue weighted by molar-refractivity contribution is 0.0729. The van der Waals surface area contributed by atoms with Gasteiger partial charge in [0.1, 0.15) is 6.10 Å². The summed E-state index contributed by atoms with van der Waals surface area (Å²) in [7, 11) is 1.63. The molecular weight excluding hydrogens is 492 g/mol. The van der Waals surface area contributed by atoms with Gasteiger partial charge in [0, 0.05) is 43.2 Å². The molecule has 3 heterocycles. The van der Waals surface area contributed by atoms with Gasteiger partial charge in [-0.1, -0.05) is 24.3 Å². The fraction of sp³-hybridized carbons (Fsp3) is 0.323. The van der Waals surface area contributed by atoms with Crippen molar-refractivity contribution in [1.29, 1.82) is 0 Å². The molecule has 0 N–H and O–H groups in total. The van der Waals surface area contributed by atoms with E-state index in [1.54, 1.807) is 19.5 Å². The van der Waals surface area contributed by atoms with Crippen LogP contribution in [-0.4, -0.2) is 52.0 Å². The van der Waals surface area contributed by atoms with Crippen molar-refractivity contribution >= 4 is 5.91 Å². The highest BCUT2D eigenvalue weighted by Gasteiger charge is 2.21. The summed E-state index contributed by atoms with van der Waals surface area (Å²) in [5, 5.41) is 4.57. The van der Waals surface area contributed by atoms with Crippen molar-refractivity contribution in [2.75, 3.05) is 20.3 Å². The first-order valence-electron chi connectivity index (χ1n) is 13.2. The predicted octanol–water partition coefficient (Wildman–Crippen LogP) is 4.96. The first-order valence-corrected chi connectivity index (χ1v) is 13.2. The number of carbonyl (C=O) groups is 1. The Morgan fingerprint density at radius 3 is 2.59 bits per heavy atom. The number of pyridine rings is 1. The van der Waals surface area contributed by atoms with E-state index in [1.165, 1.54) is 0 Å². The van der Waals surface area contributed by atoms with Gasteiger partial charge < -0.3 is 19.1 Å². The summed E-state index contributed by atoms with van der Waals surface area (Å²) in [6, 6.07) is 19.5. The van der Waals surface area contributed by atoms with E-state index in [-0.39, 0.29) is 12.0 Å².